The van der Waals surface area contributed by atoms with Crippen LogP contribution in [0.1, 0.15) is 34.6 Å². The second-order valence-electron chi connectivity index (χ2n) is 8.06. The van der Waals surface area contributed by atoms with Gasteiger partial charge in [-0.15, -0.1) is 0 Å². The van der Waals surface area contributed by atoms with Gasteiger partial charge in [-0.2, -0.15) is 0 Å². The van der Waals surface area contributed by atoms with Gasteiger partial charge in [-0.05, 0) is 67.8 Å². The van der Waals surface area contributed by atoms with Crippen LogP contribution in [-0.4, -0.2) is 28.6 Å². The molecule has 4 rings (SSSR count). The molecule has 0 unspecified atom stereocenters. The summed E-state index contributed by atoms with van der Waals surface area (Å²) < 4.78 is 8.14. The van der Waals surface area contributed by atoms with E-state index in [0.717, 1.165) is 42.0 Å². The molecule has 1 N–H and O–H groups in total. The molecule has 0 spiro atoms. The number of hydrogen-bond donors (Lipinski definition) is 1. The zero-order chi connectivity index (χ0) is 23.0. The fourth-order valence-electron chi connectivity index (χ4n) is 3.85. The minimum atomic E-state index is -0.131. The van der Waals surface area contributed by atoms with Gasteiger partial charge < -0.3 is 14.6 Å². The van der Waals surface area contributed by atoms with Gasteiger partial charge >= 0.3 is 0 Å². The van der Waals surface area contributed by atoms with Crippen molar-refractivity contribution in [2.75, 3.05) is 13.2 Å². The first-order chi connectivity index (χ1) is 16.1. The van der Waals surface area contributed by atoms with Gasteiger partial charge in [-0.1, -0.05) is 41.9 Å². The minimum Gasteiger partial charge on any atom is -0.494 e. The van der Waals surface area contributed by atoms with Gasteiger partial charge in [0, 0.05) is 30.1 Å². The van der Waals surface area contributed by atoms with Crippen molar-refractivity contribution in [2.45, 2.75) is 32.7 Å². The molecule has 0 saturated heterocycles. The van der Waals surface area contributed by atoms with Crippen molar-refractivity contribution in [1.82, 2.24) is 14.9 Å². The molecule has 0 radical (unpaired) electrons. The zero-order valence-corrected chi connectivity index (χ0v) is 19.5. The van der Waals surface area contributed by atoms with Crippen LogP contribution >= 0.6 is 11.6 Å². The fourth-order valence-corrected chi connectivity index (χ4v) is 4.04. The lowest BCUT2D eigenvalue weighted by atomic mass is 10.2. The third kappa shape index (κ3) is 6.14. The van der Waals surface area contributed by atoms with Crippen molar-refractivity contribution in [3.05, 3.63) is 94.8 Å². The number of fused-ring (bicyclic) bond motifs is 1. The lowest BCUT2D eigenvalue weighted by molar-refractivity contribution is 0.0954. The number of aromatic nitrogens is 2. The standard InChI is InChI=1S/C27H28ClN3O2/c1-20-8-6-11-23(18-20)33-17-5-4-16-31-25-13-3-2-12-24(25)30-26(31)14-15-29-27(32)21-9-7-10-22(28)19-21/h2-3,6-13,18-19H,4-5,14-17H2,1H3,(H,29,32). The van der Waals surface area contributed by atoms with Crippen LogP contribution in [0.2, 0.25) is 5.02 Å². The first-order valence-corrected chi connectivity index (χ1v) is 11.7. The van der Waals surface area contributed by atoms with E-state index in [2.05, 4.69) is 35.0 Å². The van der Waals surface area contributed by atoms with Crippen LogP contribution in [0.25, 0.3) is 11.0 Å². The summed E-state index contributed by atoms with van der Waals surface area (Å²) in [5.74, 6) is 1.76. The molecular weight excluding hydrogens is 434 g/mol. The highest BCUT2D eigenvalue weighted by Crippen LogP contribution is 2.18. The molecule has 0 fully saturated rings. The Morgan fingerprint density at radius 3 is 2.73 bits per heavy atom. The molecule has 1 heterocycles. The molecule has 1 aromatic heterocycles. The van der Waals surface area contributed by atoms with Crippen LogP contribution in [0.3, 0.4) is 0 Å². The summed E-state index contributed by atoms with van der Waals surface area (Å²) in [6.45, 7) is 4.11. The summed E-state index contributed by atoms with van der Waals surface area (Å²) in [6.07, 6.45) is 2.58. The predicted octanol–water partition coefficient (Wildman–Crippen LogP) is 5.83. The van der Waals surface area contributed by atoms with Gasteiger partial charge in [-0.3, -0.25) is 4.79 Å². The van der Waals surface area contributed by atoms with E-state index in [4.69, 9.17) is 21.3 Å². The van der Waals surface area contributed by atoms with E-state index in [1.54, 1.807) is 24.3 Å². The SMILES string of the molecule is Cc1cccc(OCCCCn2c(CCNC(=O)c3cccc(Cl)c3)nc3ccccc32)c1. The quantitative estimate of drug-likeness (QED) is 0.302. The monoisotopic (exact) mass is 461 g/mol. The molecule has 5 nitrogen and oxygen atoms in total. The highest BCUT2D eigenvalue weighted by atomic mass is 35.5. The number of imidazole rings is 1. The van der Waals surface area contributed by atoms with Gasteiger partial charge in [0.1, 0.15) is 11.6 Å². The van der Waals surface area contributed by atoms with E-state index >= 15 is 0 Å². The second-order valence-corrected chi connectivity index (χ2v) is 8.49. The molecular formula is C27H28ClN3O2. The Morgan fingerprint density at radius 1 is 1.03 bits per heavy atom. The molecule has 0 aliphatic heterocycles. The normalized spacial score (nSPS) is 11.0. The van der Waals surface area contributed by atoms with Crippen molar-refractivity contribution in [3.8, 4) is 5.75 Å². The molecule has 0 saturated carbocycles. The molecule has 4 aromatic rings. The third-order valence-corrected chi connectivity index (χ3v) is 5.72. The molecule has 0 bridgehead atoms. The Hall–Kier alpha value is -3.31. The van der Waals surface area contributed by atoms with Crippen molar-refractivity contribution < 1.29 is 9.53 Å². The highest BCUT2D eigenvalue weighted by molar-refractivity contribution is 6.30. The number of halogens is 1. The molecule has 33 heavy (non-hydrogen) atoms. The van der Waals surface area contributed by atoms with Gasteiger partial charge in [0.05, 0.1) is 17.6 Å². The van der Waals surface area contributed by atoms with Crippen LogP contribution in [0.5, 0.6) is 5.75 Å². The Labute approximate surface area is 199 Å². The Morgan fingerprint density at radius 2 is 1.88 bits per heavy atom. The van der Waals surface area contributed by atoms with E-state index in [0.29, 0.717) is 30.2 Å². The number of nitrogens with zero attached hydrogens (tertiary/aromatic N) is 2. The number of unbranched alkanes of at least 4 members (excludes halogenated alkanes) is 1. The molecule has 170 valence electrons. The summed E-state index contributed by atoms with van der Waals surface area (Å²) in [7, 11) is 0. The largest absolute Gasteiger partial charge is 0.494 e. The van der Waals surface area contributed by atoms with E-state index in [-0.39, 0.29) is 5.91 Å². The second kappa shape index (κ2) is 11.0. The molecule has 1 amide bonds. The van der Waals surface area contributed by atoms with Crippen molar-refractivity contribution >= 4 is 28.5 Å². The van der Waals surface area contributed by atoms with Crippen LogP contribution < -0.4 is 10.1 Å². The van der Waals surface area contributed by atoms with Crippen molar-refractivity contribution in [3.63, 3.8) is 0 Å². The van der Waals surface area contributed by atoms with Gasteiger partial charge in [-0.25, -0.2) is 4.98 Å². The van der Waals surface area contributed by atoms with Crippen molar-refractivity contribution in [1.29, 1.82) is 0 Å². The van der Waals surface area contributed by atoms with E-state index < -0.39 is 0 Å². The molecule has 0 aliphatic carbocycles. The smallest absolute Gasteiger partial charge is 0.251 e. The fraction of sp³-hybridized carbons (Fsp3) is 0.259. The number of rotatable bonds is 10. The van der Waals surface area contributed by atoms with Crippen LogP contribution in [0.15, 0.2) is 72.8 Å². The maximum absolute atomic E-state index is 12.4. The third-order valence-electron chi connectivity index (χ3n) is 5.49. The Balaban J connectivity index is 1.33. The van der Waals surface area contributed by atoms with E-state index in [1.807, 2.05) is 30.3 Å². The zero-order valence-electron chi connectivity index (χ0n) is 18.8. The summed E-state index contributed by atoms with van der Waals surface area (Å²) >= 11 is 6.00. The minimum absolute atomic E-state index is 0.131. The Kier molecular flexibility index (Phi) is 7.63. The lowest BCUT2D eigenvalue weighted by Crippen LogP contribution is -2.26. The molecule has 0 atom stereocenters. The van der Waals surface area contributed by atoms with Crippen LogP contribution in [0.4, 0.5) is 0 Å². The number of carbonyl (C=O) groups is 1. The van der Waals surface area contributed by atoms with Crippen LogP contribution in [0, 0.1) is 6.92 Å². The highest BCUT2D eigenvalue weighted by Gasteiger charge is 2.11. The lowest BCUT2D eigenvalue weighted by Gasteiger charge is -2.11. The summed E-state index contributed by atoms with van der Waals surface area (Å²) in [5, 5.41) is 3.53. The van der Waals surface area contributed by atoms with Gasteiger partial charge in [0.25, 0.3) is 5.91 Å². The van der Waals surface area contributed by atoms with Crippen molar-refractivity contribution in [2.24, 2.45) is 0 Å². The number of benzene rings is 3. The number of aryl methyl sites for hydroxylation is 2. The first kappa shape index (κ1) is 22.9. The summed E-state index contributed by atoms with van der Waals surface area (Å²) in [6, 6.07) is 23.2. The number of nitrogens with one attached hydrogen (secondary N) is 1. The molecule has 0 aliphatic rings. The first-order valence-electron chi connectivity index (χ1n) is 11.3. The topological polar surface area (TPSA) is 56.1 Å². The maximum Gasteiger partial charge on any atom is 0.251 e. The number of carbonyl (C=O) groups excluding carboxylic acids is 1. The molecule has 6 heteroatoms. The number of para-hydroxylation sites is 2. The number of ether oxygens (including phenoxy) is 1. The van der Waals surface area contributed by atoms with Gasteiger partial charge in [0.2, 0.25) is 0 Å². The number of hydrogen-bond acceptors (Lipinski definition) is 3. The average Bonchev–Trinajstić information content (AvgIpc) is 3.16. The summed E-state index contributed by atoms with van der Waals surface area (Å²) in [4.78, 5) is 17.2. The molecule has 3 aromatic carbocycles. The van der Waals surface area contributed by atoms with Gasteiger partial charge in [0.15, 0.2) is 0 Å². The number of amides is 1. The predicted molar refractivity (Wildman–Crippen MR) is 133 cm³/mol. The Bertz CT molecular complexity index is 1240. The van der Waals surface area contributed by atoms with Crippen LogP contribution in [-0.2, 0) is 13.0 Å². The maximum atomic E-state index is 12.4. The summed E-state index contributed by atoms with van der Waals surface area (Å²) in [5.41, 5.74) is 3.85. The average molecular weight is 462 g/mol. The van der Waals surface area contributed by atoms with E-state index in [9.17, 15) is 4.79 Å². The van der Waals surface area contributed by atoms with E-state index in [1.165, 1.54) is 5.56 Å².